The Kier molecular flexibility index (Phi) is 10.8. The van der Waals surface area contributed by atoms with E-state index in [0.29, 0.717) is 22.9 Å². The smallest absolute Gasteiger partial charge is 0.195 e. The van der Waals surface area contributed by atoms with Crippen molar-refractivity contribution in [2.45, 2.75) is 0 Å². The van der Waals surface area contributed by atoms with Crippen molar-refractivity contribution in [3.8, 4) is 73.2 Å². The summed E-state index contributed by atoms with van der Waals surface area (Å²) >= 11 is 0. The third-order valence-electron chi connectivity index (χ3n) is 15.7. The van der Waals surface area contributed by atoms with E-state index in [-0.39, 0.29) is 0 Å². The fraction of sp³-hybridized carbons (Fsp3) is 0. The Bertz CT molecular complexity index is 5000. The van der Waals surface area contributed by atoms with E-state index in [0.717, 1.165) is 122 Å². The summed E-state index contributed by atoms with van der Waals surface area (Å²) in [6.45, 7) is 23.9. The number of para-hydroxylation sites is 2. The molecule has 81 heavy (non-hydrogen) atoms. The number of benzene rings is 11. The zero-order chi connectivity index (χ0) is 54.1. The van der Waals surface area contributed by atoms with Crippen LogP contribution in [0.5, 0.6) is 0 Å². The monoisotopic (exact) mass is 1030 g/mol. The molecular weight excluding hydrogens is 989 g/mol. The van der Waals surface area contributed by atoms with Gasteiger partial charge in [0, 0.05) is 49.7 Å². The lowest BCUT2D eigenvalue weighted by atomic mass is 9.97. The van der Waals surface area contributed by atoms with Crippen LogP contribution >= 0.6 is 0 Å². The molecule has 0 spiro atoms. The van der Waals surface area contributed by atoms with E-state index in [4.69, 9.17) is 29.7 Å². The van der Waals surface area contributed by atoms with Crippen LogP contribution < -0.4 is 0 Å². The summed E-state index contributed by atoms with van der Waals surface area (Å²) in [6.07, 6.45) is 0. The average Bonchev–Trinajstić information content (AvgIpc) is 4.38. The molecule has 15 aromatic rings. The highest BCUT2D eigenvalue weighted by Gasteiger charge is 2.21. The third-order valence-corrected chi connectivity index (χ3v) is 15.7. The summed E-state index contributed by atoms with van der Waals surface area (Å²) in [7, 11) is 0. The van der Waals surface area contributed by atoms with Crippen molar-refractivity contribution in [2.24, 2.45) is 0 Å². The van der Waals surface area contributed by atoms with Crippen LogP contribution in [0.2, 0.25) is 0 Å². The number of hydrogen-bond acceptors (Lipinski definition) is 2. The molecule has 0 unspecified atom stereocenters. The molecule has 0 amide bonds. The van der Waals surface area contributed by atoms with E-state index in [1.807, 2.05) is 109 Å². The second kappa shape index (κ2) is 18.8. The van der Waals surface area contributed by atoms with E-state index in [1.165, 1.54) is 10.8 Å². The Morgan fingerprint density at radius 3 is 1.21 bits per heavy atom. The summed E-state index contributed by atoms with van der Waals surface area (Å²) in [5.41, 5.74) is 19.4. The maximum absolute atomic E-state index is 8.30. The Morgan fingerprint density at radius 2 is 0.679 bits per heavy atom. The van der Waals surface area contributed by atoms with Crippen LogP contribution in [-0.4, -0.2) is 23.7 Å². The lowest BCUT2D eigenvalue weighted by Crippen LogP contribution is -1.96. The van der Waals surface area contributed by atoms with Crippen LogP contribution in [0.4, 0.5) is 17.1 Å². The van der Waals surface area contributed by atoms with Crippen molar-refractivity contribution in [3.05, 3.63) is 289 Å². The van der Waals surface area contributed by atoms with E-state index in [1.54, 1.807) is 0 Å². The van der Waals surface area contributed by atoms with Gasteiger partial charge in [0.25, 0.3) is 0 Å². The van der Waals surface area contributed by atoms with Crippen LogP contribution in [0, 0.1) is 19.7 Å². The van der Waals surface area contributed by atoms with Gasteiger partial charge in [0.2, 0.25) is 0 Å². The van der Waals surface area contributed by atoms with Gasteiger partial charge in [-0.15, -0.1) is 0 Å². The predicted molar refractivity (Wildman–Crippen MR) is 331 cm³/mol. The van der Waals surface area contributed by atoms with Gasteiger partial charge in [-0.2, -0.15) is 0 Å². The molecule has 0 saturated heterocycles. The Morgan fingerprint density at radius 1 is 0.272 bits per heavy atom. The molecule has 15 rings (SSSR count). The topological polar surface area (TPSA) is 53.6 Å². The van der Waals surface area contributed by atoms with Crippen molar-refractivity contribution in [1.82, 2.24) is 23.7 Å². The minimum Gasteiger partial charge on any atom is -0.309 e. The molecule has 0 radical (unpaired) electrons. The number of rotatable bonds is 8. The SMILES string of the molecule is [C-]#[N+]c1ccc2c(c1)c1cc([N+]#[C-])ccc1n2-c1ccc2c(c1)c1cc(-n3c4ccccc4c4ccccc43)ccc1n2-c1ccc(-c2ccc(-c3ccc(-c4cc(-c5ccccc5)nc(-c5ccccc5)n4)cc3[N+]#[C-])cc2)cc1. The fourth-order valence-electron chi connectivity index (χ4n) is 11.9. The quantitative estimate of drug-likeness (QED) is 0.142. The van der Waals surface area contributed by atoms with E-state index >= 15 is 0 Å². The van der Waals surface area contributed by atoms with Crippen molar-refractivity contribution >= 4 is 82.5 Å². The molecule has 0 aliphatic rings. The molecule has 0 bridgehead atoms. The minimum absolute atomic E-state index is 0.548. The zero-order valence-corrected chi connectivity index (χ0v) is 43.3. The lowest BCUT2D eigenvalue weighted by molar-refractivity contribution is 1.16. The molecule has 4 aromatic heterocycles. The second-order valence-electron chi connectivity index (χ2n) is 20.2. The first-order valence-electron chi connectivity index (χ1n) is 26.6. The number of nitrogens with zero attached hydrogens (tertiary/aromatic N) is 8. The second-order valence-corrected chi connectivity index (χ2v) is 20.2. The largest absolute Gasteiger partial charge is 0.309 e. The molecule has 0 aliphatic carbocycles. The van der Waals surface area contributed by atoms with Crippen LogP contribution in [0.15, 0.2) is 255 Å². The molecule has 0 atom stereocenters. The fourth-order valence-corrected chi connectivity index (χ4v) is 11.9. The van der Waals surface area contributed by atoms with Crippen LogP contribution in [0.3, 0.4) is 0 Å². The Labute approximate surface area is 466 Å². The van der Waals surface area contributed by atoms with Gasteiger partial charge in [-0.3, -0.25) is 0 Å². The number of fused-ring (bicyclic) bond motifs is 9. The summed E-state index contributed by atoms with van der Waals surface area (Å²) < 4.78 is 6.98. The van der Waals surface area contributed by atoms with Crippen molar-refractivity contribution in [3.63, 3.8) is 0 Å². The molecule has 8 nitrogen and oxygen atoms in total. The van der Waals surface area contributed by atoms with Gasteiger partial charge < -0.3 is 13.7 Å². The average molecular weight is 1030 g/mol. The van der Waals surface area contributed by atoms with E-state index < -0.39 is 0 Å². The normalized spacial score (nSPS) is 11.4. The van der Waals surface area contributed by atoms with Crippen molar-refractivity contribution in [2.75, 3.05) is 0 Å². The molecule has 11 aromatic carbocycles. The van der Waals surface area contributed by atoms with Gasteiger partial charge >= 0.3 is 0 Å². The predicted octanol–water partition coefficient (Wildman–Crippen LogP) is 19.8. The molecule has 0 fully saturated rings. The van der Waals surface area contributed by atoms with Crippen molar-refractivity contribution < 1.29 is 0 Å². The first-order chi connectivity index (χ1) is 40.0. The first kappa shape index (κ1) is 46.7. The molecule has 0 aliphatic heterocycles. The van der Waals surface area contributed by atoms with Crippen LogP contribution in [-0.2, 0) is 0 Å². The van der Waals surface area contributed by atoms with E-state index in [2.05, 4.69) is 174 Å². The highest BCUT2D eigenvalue weighted by molar-refractivity contribution is 6.15. The van der Waals surface area contributed by atoms with Gasteiger partial charge in [0.1, 0.15) is 0 Å². The minimum atomic E-state index is 0.548. The van der Waals surface area contributed by atoms with Gasteiger partial charge in [-0.25, -0.2) is 24.5 Å². The maximum atomic E-state index is 8.30. The van der Waals surface area contributed by atoms with Crippen molar-refractivity contribution in [1.29, 1.82) is 0 Å². The van der Waals surface area contributed by atoms with Gasteiger partial charge in [0.15, 0.2) is 22.9 Å². The highest BCUT2D eigenvalue weighted by atomic mass is 15.0. The molecule has 8 heteroatoms. The first-order valence-corrected chi connectivity index (χ1v) is 26.6. The van der Waals surface area contributed by atoms with Gasteiger partial charge in [-0.05, 0) is 136 Å². The number of aromatic nitrogens is 5. The van der Waals surface area contributed by atoms with Gasteiger partial charge in [-0.1, -0.05) is 158 Å². The van der Waals surface area contributed by atoms with Crippen LogP contribution in [0.1, 0.15) is 0 Å². The summed E-state index contributed by atoms with van der Waals surface area (Å²) in [4.78, 5) is 21.5. The zero-order valence-electron chi connectivity index (χ0n) is 43.3. The summed E-state index contributed by atoms with van der Waals surface area (Å²) in [6, 6.07) is 87.7. The van der Waals surface area contributed by atoms with E-state index in [9.17, 15) is 0 Å². The maximum Gasteiger partial charge on any atom is 0.195 e. The third kappa shape index (κ3) is 7.73. The lowest BCUT2D eigenvalue weighted by Gasteiger charge is -2.12. The Hall–Kier alpha value is -11.6. The summed E-state index contributed by atoms with van der Waals surface area (Å²) in [5, 5.41) is 6.49. The molecule has 0 saturated carbocycles. The molecular formula is C73H42N8. The van der Waals surface area contributed by atoms with Gasteiger partial charge in [0.05, 0.1) is 64.2 Å². The Balaban J connectivity index is 0.813. The molecule has 374 valence electrons. The number of hydrogen-bond donors (Lipinski definition) is 0. The standard InChI is InChI=1S/C73H42N8/c1-74-52-29-36-69-60(41-52)61-42-53(75-2)30-37-70(61)81(69)56-34-39-72-63(44-56)62-43-55(80-67-20-12-10-18-58(67)59-19-11-13-21-68(59)80)33-38-71(62)79(72)54-31-26-47(27-32-54)46-22-24-48(25-23-46)57-35-28-51(40-66(57)76-3)65-45-64(49-14-6-4-7-15-49)77-73(78-65)50-16-8-5-9-17-50/h4-45H. The summed E-state index contributed by atoms with van der Waals surface area (Å²) in [5.74, 6) is 0.631. The molecule has 4 heterocycles. The van der Waals surface area contributed by atoms with Crippen LogP contribution in [0.25, 0.3) is 153 Å². The highest BCUT2D eigenvalue weighted by Crippen LogP contribution is 2.42. The molecule has 0 N–H and O–H groups in total.